The first-order chi connectivity index (χ1) is 11.4. The first-order valence-corrected chi connectivity index (χ1v) is 9.25. The summed E-state index contributed by atoms with van der Waals surface area (Å²) in [7, 11) is 0. The van der Waals surface area contributed by atoms with E-state index >= 15 is 0 Å². The fourth-order valence-electron chi connectivity index (χ4n) is 4.54. The predicted molar refractivity (Wildman–Crippen MR) is 95.7 cm³/mol. The zero-order chi connectivity index (χ0) is 17.2. The van der Waals surface area contributed by atoms with Crippen molar-refractivity contribution in [2.24, 2.45) is 17.3 Å². The second-order valence-electron chi connectivity index (χ2n) is 8.43. The number of hydrogen-bond acceptors (Lipinski definition) is 4. The number of carbonyl (C=O) groups is 1. The zero-order valence-corrected chi connectivity index (χ0v) is 15.2. The molecule has 1 amide bonds. The molecule has 5 nitrogen and oxygen atoms in total. The molecule has 1 aromatic heterocycles. The van der Waals surface area contributed by atoms with Gasteiger partial charge in [-0.3, -0.25) is 4.79 Å². The normalized spacial score (nSPS) is 27.7. The third-order valence-electron chi connectivity index (χ3n) is 5.43. The van der Waals surface area contributed by atoms with Crippen molar-refractivity contribution in [1.29, 1.82) is 0 Å². The number of nitrogens with zero attached hydrogens (tertiary/aromatic N) is 3. The van der Waals surface area contributed by atoms with Gasteiger partial charge >= 0.3 is 0 Å². The van der Waals surface area contributed by atoms with Gasteiger partial charge in [0.2, 0.25) is 11.9 Å². The quantitative estimate of drug-likeness (QED) is 0.925. The van der Waals surface area contributed by atoms with Gasteiger partial charge in [-0.05, 0) is 49.5 Å². The van der Waals surface area contributed by atoms with Crippen LogP contribution in [0, 0.1) is 17.3 Å². The Balaban J connectivity index is 1.50. The molecule has 0 unspecified atom stereocenters. The van der Waals surface area contributed by atoms with E-state index in [1.165, 1.54) is 6.42 Å². The summed E-state index contributed by atoms with van der Waals surface area (Å²) in [5.74, 6) is 1.88. The average Bonchev–Trinajstić information content (AvgIpc) is 2.54. The summed E-state index contributed by atoms with van der Waals surface area (Å²) in [5.41, 5.74) is 0.285. The highest BCUT2D eigenvalue weighted by molar-refractivity contribution is 5.79. The summed E-state index contributed by atoms with van der Waals surface area (Å²) < 4.78 is 0. The number of amides is 1. The molecule has 1 saturated heterocycles. The number of rotatable bonds is 3. The van der Waals surface area contributed by atoms with Crippen molar-refractivity contribution in [3.63, 3.8) is 0 Å². The standard InChI is InChI=1S/C19H30N4O/c1-14-11-15(13-19(2,3)12-14)17(24)22-16-5-9-23(10-6-16)18-20-7-4-8-21-18/h4,7-8,14-16H,5-6,9-13H2,1-3H3,(H,22,24)/t14-,15-/m1/s1. The molecule has 1 saturated carbocycles. The Labute approximate surface area is 145 Å². The van der Waals surface area contributed by atoms with Gasteiger partial charge in [-0.15, -0.1) is 0 Å². The molecule has 0 aromatic carbocycles. The molecular formula is C19H30N4O. The molecule has 5 heteroatoms. The highest BCUT2D eigenvalue weighted by Gasteiger charge is 2.36. The van der Waals surface area contributed by atoms with E-state index < -0.39 is 0 Å². The van der Waals surface area contributed by atoms with Crippen molar-refractivity contribution in [2.45, 2.75) is 58.9 Å². The van der Waals surface area contributed by atoms with Gasteiger partial charge in [-0.25, -0.2) is 9.97 Å². The van der Waals surface area contributed by atoms with Crippen molar-refractivity contribution in [2.75, 3.05) is 18.0 Å². The summed E-state index contributed by atoms with van der Waals surface area (Å²) in [6.45, 7) is 8.67. The Morgan fingerprint density at radius 3 is 2.50 bits per heavy atom. The van der Waals surface area contributed by atoms with Crippen molar-refractivity contribution >= 4 is 11.9 Å². The van der Waals surface area contributed by atoms with Crippen LogP contribution in [-0.4, -0.2) is 35.0 Å². The lowest BCUT2D eigenvalue weighted by molar-refractivity contribution is -0.128. The Hall–Kier alpha value is -1.65. The SMILES string of the molecule is C[C@@H]1C[C@@H](C(=O)NC2CCN(c3ncccn3)CC2)CC(C)(C)C1. The maximum absolute atomic E-state index is 12.7. The average molecular weight is 330 g/mol. The molecule has 132 valence electrons. The van der Waals surface area contributed by atoms with Crippen LogP contribution in [0.2, 0.25) is 0 Å². The molecule has 1 aliphatic heterocycles. The molecule has 0 spiro atoms. The Kier molecular flexibility index (Phi) is 5.07. The Bertz CT molecular complexity index is 552. The maximum atomic E-state index is 12.7. The number of aromatic nitrogens is 2. The number of carbonyl (C=O) groups excluding carboxylic acids is 1. The topological polar surface area (TPSA) is 58.1 Å². The number of nitrogens with one attached hydrogen (secondary N) is 1. The van der Waals surface area contributed by atoms with E-state index in [4.69, 9.17) is 0 Å². The van der Waals surface area contributed by atoms with Crippen LogP contribution in [0.4, 0.5) is 5.95 Å². The van der Waals surface area contributed by atoms with Crippen LogP contribution < -0.4 is 10.2 Å². The van der Waals surface area contributed by atoms with E-state index in [1.807, 2.05) is 6.07 Å². The highest BCUT2D eigenvalue weighted by Crippen LogP contribution is 2.41. The smallest absolute Gasteiger partial charge is 0.225 e. The van der Waals surface area contributed by atoms with Crippen molar-refractivity contribution in [3.8, 4) is 0 Å². The van der Waals surface area contributed by atoms with Gasteiger partial charge in [0.1, 0.15) is 0 Å². The minimum absolute atomic E-state index is 0.180. The van der Waals surface area contributed by atoms with Gasteiger partial charge < -0.3 is 10.2 Å². The first kappa shape index (κ1) is 17.2. The summed E-state index contributed by atoms with van der Waals surface area (Å²) in [6, 6.07) is 2.13. The molecule has 2 aliphatic rings. The van der Waals surface area contributed by atoms with Gasteiger partial charge in [-0.2, -0.15) is 0 Å². The van der Waals surface area contributed by atoms with Crippen molar-refractivity contribution in [1.82, 2.24) is 15.3 Å². The van der Waals surface area contributed by atoms with Gasteiger partial charge in [0, 0.05) is 37.4 Å². The highest BCUT2D eigenvalue weighted by atomic mass is 16.1. The molecule has 2 atom stereocenters. The van der Waals surface area contributed by atoms with E-state index in [1.54, 1.807) is 12.4 Å². The second kappa shape index (κ2) is 7.08. The second-order valence-corrected chi connectivity index (χ2v) is 8.43. The molecule has 3 rings (SSSR count). The van der Waals surface area contributed by atoms with E-state index in [-0.39, 0.29) is 23.3 Å². The van der Waals surface area contributed by atoms with Crippen LogP contribution >= 0.6 is 0 Å². The fourth-order valence-corrected chi connectivity index (χ4v) is 4.54. The Morgan fingerprint density at radius 1 is 1.21 bits per heavy atom. The van der Waals surface area contributed by atoms with Crippen LogP contribution in [-0.2, 0) is 4.79 Å². The first-order valence-electron chi connectivity index (χ1n) is 9.25. The lowest BCUT2D eigenvalue weighted by Gasteiger charge is -2.39. The van der Waals surface area contributed by atoms with Crippen LogP contribution in [0.15, 0.2) is 18.5 Å². The largest absolute Gasteiger partial charge is 0.353 e. The lowest BCUT2D eigenvalue weighted by atomic mass is 9.68. The van der Waals surface area contributed by atoms with E-state index in [9.17, 15) is 4.79 Å². The fraction of sp³-hybridized carbons (Fsp3) is 0.737. The summed E-state index contributed by atoms with van der Waals surface area (Å²) >= 11 is 0. The molecular weight excluding hydrogens is 300 g/mol. The van der Waals surface area contributed by atoms with Crippen LogP contribution in [0.1, 0.15) is 52.9 Å². The van der Waals surface area contributed by atoms with Gasteiger partial charge in [0.25, 0.3) is 0 Å². The van der Waals surface area contributed by atoms with Crippen molar-refractivity contribution in [3.05, 3.63) is 18.5 Å². The third kappa shape index (κ3) is 4.25. The summed E-state index contributed by atoms with van der Waals surface area (Å²) in [5, 5.41) is 3.31. The number of piperidine rings is 1. The van der Waals surface area contributed by atoms with E-state index in [0.29, 0.717) is 5.92 Å². The maximum Gasteiger partial charge on any atom is 0.225 e. The Morgan fingerprint density at radius 2 is 1.88 bits per heavy atom. The monoisotopic (exact) mass is 330 g/mol. The molecule has 2 fully saturated rings. The molecule has 24 heavy (non-hydrogen) atoms. The third-order valence-corrected chi connectivity index (χ3v) is 5.43. The molecule has 1 aromatic rings. The summed E-state index contributed by atoms with van der Waals surface area (Å²) in [4.78, 5) is 23.5. The van der Waals surface area contributed by atoms with E-state index in [2.05, 4.69) is 41.0 Å². The molecule has 0 radical (unpaired) electrons. The van der Waals surface area contributed by atoms with Gasteiger partial charge in [0.15, 0.2) is 0 Å². The lowest BCUT2D eigenvalue weighted by Crippen LogP contribution is -2.48. The number of anilines is 1. The molecule has 1 aliphatic carbocycles. The minimum Gasteiger partial charge on any atom is -0.353 e. The molecule has 1 N–H and O–H groups in total. The van der Waals surface area contributed by atoms with Crippen LogP contribution in [0.5, 0.6) is 0 Å². The molecule has 2 heterocycles. The van der Waals surface area contributed by atoms with E-state index in [0.717, 1.165) is 44.7 Å². The van der Waals surface area contributed by atoms with Gasteiger partial charge in [0.05, 0.1) is 0 Å². The van der Waals surface area contributed by atoms with Gasteiger partial charge in [-0.1, -0.05) is 20.8 Å². The number of hydrogen-bond donors (Lipinski definition) is 1. The molecule has 0 bridgehead atoms. The van der Waals surface area contributed by atoms with Crippen LogP contribution in [0.25, 0.3) is 0 Å². The summed E-state index contributed by atoms with van der Waals surface area (Å²) in [6.07, 6.45) is 8.77. The zero-order valence-electron chi connectivity index (χ0n) is 15.2. The minimum atomic E-state index is 0.180. The van der Waals surface area contributed by atoms with Crippen molar-refractivity contribution < 1.29 is 4.79 Å². The predicted octanol–water partition coefficient (Wildman–Crippen LogP) is 3.02. The van der Waals surface area contributed by atoms with Crippen LogP contribution in [0.3, 0.4) is 0 Å².